The molecule has 0 N–H and O–H groups in total. The maximum absolute atomic E-state index is 12.5. The number of hydrogen-bond donors (Lipinski definition) is 0. The standard InChI is InChI=1S/C7H5Cl2FO/c8-4-11-5-1-2-7(10)6(9)3-5/h1-3H,4H2. The third-order valence-corrected chi connectivity index (χ3v) is 1.51. The van der Waals surface area contributed by atoms with E-state index in [2.05, 4.69) is 0 Å². The van der Waals surface area contributed by atoms with E-state index in [-0.39, 0.29) is 11.1 Å². The first kappa shape index (κ1) is 8.62. The lowest BCUT2D eigenvalue weighted by atomic mass is 10.3. The van der Waals surface area contributed by atoms with Crippen molar-refractivity contribution in [3.8, 4) is 5.75 Å². The van der Waals surface area contributed by atoms with Crippen molar-refractivity contribution in [2.75, 3.05) is 6.07 Å². The molecule has 0 amide bonds. The van der Waals surface area contributed by atoms with Gasteiger partial charge in [-0.1, -0.05) is 23.2 Å². The molecule has 1 aromatic carbocycles. The van der Waals surface area contributed by atoms with E-state index in [4.69, 9.17) is 27.9 Å². The Hall–Kier alpha value is -0.470. The van der Waals surface area contributed by atoms with Gasteiger partial charge in [-0.05, 0) is 12.1 Å². The van der Waals surface area contributed by atoms with Crippen LogP contribution in [0, 0.1) is 5.82 Å². The Morgan fingerprint density at radius 1 is 1.45 bits per heavy atom. The van der Waals surface area contributed by atoms with Gasteiger partial charge in [0.1, 0.15) is 11.6 Å². The Morgan fingerprint density at radius 2 is 2.18 bits per heavy atom. The van der Waals surface area contributed by atoms with E-state index in [9.17, 15) is 4.39 Å². The van der Waals surface area contributed by atoms with Crippen molar-refractivity contribution in [1.82, 2.24) is 0 Å². The van der Waals surface area contributed by atoms with Gasteiger partial charge >= 0.3 is 0 Å². The van der Waals surface area contributed by atoms with Gasteiger partial charge in [0.2, 0.25) is 0 Å². The van der Waals surface area contributed by atoms with E-state index < -0.39 is 5.82 Å². The van der Waals surface area contributed by atoms with Crippen LogP contribution in [0.15, 0.2) is 18.2 Å². The number of rotatable bonds is 2. The fourth-order valence-electron chi connectivity index (χ4n) is 0.630. The molecule has 0 bridgehead atoms. The van der Waals surface area contributed by atoms with Gasteiger partial charge in [0.25, 0.3) is 0 Å². The highest BCUT2D eigenvalue weighted by atomic mass is 35.5. The second-order valence-corrected chi connectivity index (χ2v) is 2.45. The van der Waals surface area contributed by atoms with Crippen LogP contribution in [0.4, 0.5) is 4.39 Å². The third kappa shape index (κ3) is 2.24. The van der Waals surface area contributed by atoms with Gasteiger partial charge in [0, 0.05) is 6.07 Å². The van der Waals surface area contributed by atoms with Crippen LogP contribution < -0.4 is 4.74 Å². The minimum Gasteiger partial charge on any atom is -0.478 e. The summed E-state index contributed by atoms with van der Waals surface area (Å²) in [6, 6.07) is 4.09. The zero-order chi connectivity index (χ0) is 8.27. The van der Waals surface area contributed by atoms with Crippen LogP contribution in [-0.4, -0.2) is 6.07 Å². The van der Waals surface area contributed by atoms with E-state index in [1.165, 1.54) is 18.2 Å². The molecule has 0 fully saturated rings. The van der Waals surface area contributed by atoms with Gasteiger partial charge in [0.05, 0.1) is 5.02 Å². The molecule has 0 aromatic heterocycles. The predicted molar refractivity (Wildman–Crippen MR) is 42.8 cm³/mol. The van der Waals surface area contributed by atoms with E-state index >= 15 is 0 Å². The van der Waals surface area contributed by atoms with Crippen LogP contribution in [-0.2, 0) is 0 Å². The SMILES string of the molecule is Fc1ccc(OCCl)cc1Cl. The average molecular weight is 195 g/mol. The Kier molecular flexibility index (Phi) is 2.97. The maximum Gasteiger partial charge on any atom is 0.162 e. The van der Waals surface area contributed by atoms with E-state index in [1.807, 2.05) is 0 Å². The van der Waals surface area contributed by atoms with Crippen molar-refractivity contribution < 1.29 is 9.13 Å². The van der Waals surface area contributed by atoms with Crippen molar-refractivity contribution in [2.24, 2.45) is 0 Å². The van der Waals surface area contributed by atoms with Crippen molar-refractivity contribution in [1.29, 1.82) is 0 Å². The van der Waals surface area contributed by atoms with Gasteiger partial charge in [-0.2, -0.15) is 0 Å². The summed E-state index contributed by atoms with van der Waals surface area (Å²) in [4.78, 5) is 0. The normalized spacial score (nSPS) is 9.73. The zero-order valence-electron chi connectivity index (χ0n) is 5.48. The van der Waals surface area contributed by atoms with Crippen molar-refractivity contribution in [3.05, 3.63) is 29.0 Å². The Labute approximate surface area is 73.7 Å². The molecule has 0 aliphatic rings. The molecular weight excluding hydrogens is 190 g/mol. The monoisotopic (exact) mass is 194 g/mol. The lowest BCUT2D eigenvalue weighted by molar-refractivity contribution is 0.387. The van der Waals surface area contributed by atoms with Crippen molar-refractivity contribution in [3.63, 3.8) is 0 Å². The van der Waals surface area contributed by atoms with Crippen LogP contribution in [0.1, 0.15) is 0 Å². The lowest BCUT2D eigenvalue weighted by Crippen LogP contribution is -1.88. The van der Waals surface area contributed by atoms with Gasteiger partial charge in [0.15, 0.2) is 6.07 Å². The molecule has 0 spiro atoms. The number of hydrogen-bond acceptors (Lipinski definition) is 1. The van der Waals surface area contributed by atoms with Crippen LogP contribution in [0.5, 0.6) is 5.75 Å². The first-order valence-electron chi connectivity index (χ1n) is 2.88. The molecular formula is C7H5Cl2FO. The minimum atomic E-state index is -0.464. The fraction of sp³-hybridized carbons (Fsp3) is 0.143. The molecule has 11 heavy (non-hydrogen) atoms. The molecule has 0 saturated carbocycles. The quantitative estimate of drug-likeness (QED) is 0.659. The van der Waals surface area contributed by atoms with Gasteiger partial charge in [-0.25, -0.2) is 4.39 Å². The highest BCUT2D eigenvalue weighted by Crippen LogP contribution is 2.20. The zero-order valence-corrected chi connectivity index (χ0v) is 6.99. The molecule has 1 nitrogen and oxygen atoms in total. The molecule has 0 heterocycles. The van der Waals surface area contributed by atoms with Gasteiger partial charge < -0.3 is 4.74 Å². The Morgan fingerprint density at radius 3 is 2.73 bits per heavy atom. The molecule has 4 heteroatoms. The lowest BCUT2D eigenvalue weighted by Gasteiger charge is -2.01. The van der Waals surface area contributed by atoms with Crippen molar-refractivity contribution in [2.45, 2.75) is 0 Å². The topological polar surface area (TPSA) is 9.23 Å². The van der Waals surface area contributed by atoms with Gasteiger partial charge in [-0.15, -0.1) is 0 Å². The van der Waals surface area contributed by atoms with Crippen LogP contribution in [0.3, 0.4) is 0 Å². The summed E-state index contributed by atoms with van der Waals surface area (Å²) in [5.74, 6) is -0.0000101. The summed E-state index contributed by atoms with van der Waals surface area (Å²) in [5, 5.41) is 0.0348. The highest BCUT2D eigenvalue weighted by Gasteiger charge is 1.99. The molecule has 0 aliphatic heterocycles. The van der Waals surface area contributed by atoms with E-state index in [1.54, 1.807) is 0 Å². The predicted octanol–water partition coefficient (Wildman–Crippen LogP) is 3.05. The number of ether oxygens (including phenoxy) is 1. The highest BCUT2D eigenvalue weighted by molar-refractivity contribution is 6.30. The fourth-order valence-corrected chi connectivity index (χ4v) is 0.926. The van der Waals surface area contributed by atoms with Gasteiger partial charge in [-0.3, -0.25) is 0 Å². The smallest absolute Gasteiger partial charge is 0.162 e. The largest absolute Gasteiger partial charge is 0.478 e. The summed E-state index contributed by atoms with van der Waals surface area (Å²) in [6.45, 7) is 0. The molecule has 0 unspecified atom stereocenters. The Balaban J connectivity index is 2.86. The Bertz CT molecular complexity index is 252. The molecule has 60 valence electrons. The third-order valence-electron chi connectivity index (χ3n) is 1.11. The number of halogens is 3. The van der Waals surface area contributed by atoms with Crippen molar-refractivity contribution >= 4 is 23.2 Å². The van der Waals surface area contributed by atoms with E-state index in [0.29, 0.717) is 5.75 Å². The summed E-state index contributed by atoms with van der Waals surface area (Å²) in [6.07, 6.45) is 0. The minimum absolute atomic E-state index is 0.0297. The molecule has 0 aliphatic carbocycles. The molecule has 0 saturated heterocycles. The maximum atomic E-state index is 12.5. The number of alkyl halides is 1. The second kappa shape index (κ2) is 3.79. The average Bonchev–Trinajstić information content (AvgIpc) is 1.98. The summed E-state index contributed by atoms with van der Waals surface area (Å²) < 4.78 is 17.4. The first-order chi connectivity index (χ1) is 5.24. The first-order valence-corrected chi connectivity index (χ1v) is 3.79. The molecule has 1 aromatic rings. The molecule has 1 rings (SSSR count). The summed E-state index contributed by atoms with van der Waals surface area (Å²) >= 11 is 10.7. The number of benzene rings is 1. The second-order valence-electron chi connectivity index (χ2n) is 1.83. The summed E-state index contributed by atoms with van der Waals surface area (Å²) in [7, 11) is 0. The van der Waals surface area contributed by atoms with Crippen LogP contribution in [0.2, 0.25) is 5.02 Å². The summed E-state index contributed by atoms with van der Waals surface area (Å²) in [5.41, 5.74) is 0. The van der Waals surface area contributed by atoms with E-state index in [0.717, 1.165) is 0 Å². The van der Waals surface area contributed by atoms with Crippen LogP contribution in [0.25, 0.3) is 0 Å². The van der Waals surface area contributed by atoms with Crippen LogP contribution >= 0.6 is 23.2 Å². The molecule has 0 atom stereocenters. The molecule has 0 radical (unpaired) electrons.